The van der Waals surface area contributed by atoms with Gasteiger partial charge in [-0.25, -0.2) is 8.42 Å². The Labute approximate surface area is 141 Å². The van der Waals surface area contributed by atoms with Gasteiger partial charge in [-0.2, -0.15) is 0 Å². The van der Waals surface area contributed by atoms with E-state index in [-0.39, 0.29) is 17.5 Å². The molecule has 132 valence electrons. The van der Waals surface area contributed by atoms with Gasteiger partial charge in [0.1, 0.15) is 50.6 Å². The molecule has 24 heavy (non-hydrogen) atoms. The molecule has 1 aromatic rings. The molecule has 0 amide bonds. The molecule has 0 saturated carbocycles. The maximum absolute atomic E-state index is 11.7. The van der Waals surface area contributed by atoms with Crippen LogP contribution in [0.15, 0.2) is 18.2 Å². The SMILES string of the molecule is O=S1(=O)C[C@@H](O)[C@@H]([NH+]2CC[NH+](Cc3ccc4c(c3)OCO4)CC2)C1. The zero-order chi connectivity index (χ0) is 16.7. The van der Waals surface area contributed by atoms with Crippen molar-refractivity contribution in [3.63, 3.8) is 0 Å². The first-order chi connectivity index (χ1) is 11.5. The summed E-state index contributed by atoms with van der Waals surface area (Å²) in [6.45, 7) is 4.98. The maximum atomic E-state index is 11.7. The predicted octanol–water partition coefficient (Wildman–Crippen LogP) is -3.14. The number of benzene rings is 1. The number of hydrogen-bond donors (Lipinski definition) is 3. The molecule has 0 radical (unpaired) electrons. The molecule has 2 fully saturated rings. The Morgan fingerprint density at radius 2 is 1.83 bits per heavy atom. The molecule has 4 rings (SSSR count). The van der Waals surface area contributed by atoms with Gasteiger partial charge in [0, 0.05) is 5.56 Å². The molecule has 0 aromatic heterocycles. The van der Waals surface area contributed by atoms with E-state index in [1.54, 1.807) is 0 Å². The molecule has 1 aromatic carbocycles. The van der Waals surface area contributed by atoms with Crippen molar-refractivity contribution in [2.45, 2.75) is 18.7 Å². The lowest BCUT2D eigenvalue weighted by Gasteiger charge is -2.33. The first-order valence-electron chi connectivity index (χ1n) is 8.45. The zero-order valence-electron chi connectivity index (χ0n) is 13.5. The highest BCUT2D eigenvalue weighted by Gasteiger charge is 2.44. The molecule has 0 unspecified atom stereocenters. The van der Waals surface area contributed by atoms with Crippen molar-refractivity contribution in [1.29, 1.82) is 0 Å². The summed E-state index contributed by atoms with van der Waals surface area (Å²) in [7, 11) is -3.07. The van der Waals surface area contributed by atoms with E-state index in [4.69, 9.17) is 9.47 Å². The fourth-order valence-electron chi connectivity index (χ4n) is 4.03. The molecule has 2 saturated heterocycles. The Morgan fingerprint density at radius 3 is 2.54 bits per heavy atom. The standard InChI is InChI=1S/C16H22N2O5S/c19-14-10-24(20,21)9-13(14)18-5-3-17(4-6-18)8-12-1-2-15-16(7-12)23-11-22-15/h1-2,7,13-14,19H,3-6,8-11H2/p+2/t13-,14+/m0/s1. The van der Waals surface area contributed by atoms with E-state index < -0.39 is 15.9 Å². The van der Waals surface area contributed by atoms with Crippen molar-refractivity contribution in [3.05, 3.63) is 23.8 Å². The molecule has 3 aliphatic heterocycles. The number of aliphatic hydroxyl groups excluding tert-OH is 1. The maximum Gasteiger partial charge on any atom is 0.231 e. The summed E-state index contributed by atoms with van der Waals surface area (Å²) < 4.78 is 34.1. The van der Waals surface area contributed by atoms with Gasteiger partial charge in [-0.15, -0.1) is 0 Å². The van der Waals surface area contributed by atoms with E-state index in [0.29, 0.717) is 6.79 Å². The van der Waals surface area contributed by atoms with Gasteiger partial charge in [-0.3, -0.25) is 0 Å². The number of quaternary nitrogens is 2. The summed E-state index contributed by atoms with van der Waals surface area (Å²) >= 11 is 0. The summed E-state index contributed by atoms with van der Waals surface area (Å²) in [6, 6.07) is 5.93. The third kappa shape index (κ3) is 3.23. The Hall–Kier alpha value is -1.35. The largest absolute Gasteiger partial charge is 0.454 e. The second-order valence-corrected chi connectivity index (χ2v) is 9.18. The third-order valence-corrected chi connectivity index (χ3v) is 7.05. The molecular weight excluding hydrogens is 332 g/mol. The minimum atomic E-state index is -3.07. The Morgan fingerprint density at radius 1 is 1.08 bits per heavy atom. The van der Waals surface area contributed by atoms with E-state index in [2.05, 4.69) is 6.07 Å². The highest BCUT2D eigenvalue weighted by molar-refractivity contribution is 7.91. The van der Waals surface area contributed by atoms with Crippen LogP contribution in [0.5, 0.6) is 11.5 Å². The van der Waals surface area contributed by atoms with E-state index in [1.165, 1.54) is 15.4 Å². The molecule has 7 nitrogen and oxygen atoms in total. The lowest BCUT2D eigenvalue weighted by molar-refractivity contribution is -1.03. The normalized spacial score (nSPS) is 34.4. The minimum absolute atomic E-state index is 0.0745. The molecule has 8 heteroatoms. The third-order valence-electron chi connectivity index (χ3n) is 5.34. The molecule has 3 heterocycles. The van der Waals surface area contributed by atoms with E-state index in [0.717, 1.165) is 44.2 Å². The summed E-state index contributed by atoms with van der Waals surface area (Å²) in [6.07, 6.45) is -0.708. The highest BCUT2D eigenvalue weighted by Crippen LogP contribution is 2.32. The quantitative estimate of drug-likeness (QED) is 0.533. The lowest BCUT2D eigenvalue weighted by Crippen LogP contribution is -3.29. The summed E-state index contributed by atoms with van der Waals surface area (Å²) in [5.41, 5.74) is 1.22. The van der Waals surface area contributed by atoms with Crippen molar-refractivity contribution in [2.24, 2.45) is 0 Å². The number of rotatable bonds is 3. The lowest BCUT2D eigenvalue weighted by atomic mass is 10.1. The van der Waals surface area contributed by atoms with Gasteiger partial charge in [0.25, 0.3) is 0 Å². The second kappa shape index (κ2) is 6.18. The van der Waals surface area contributed by atoms with Gasteiger partial charge in [0.2, 0.25) is 6.79 Å². The van der Waals surface area contributed by atoms with E-state index in [1.807, 2.05) is 12.1 Å². The molecule has 3 aliphatic rings. The fraction of sp³-hybridized carbons (Fsp3) is 0.625. The van der Waals surface area contributed by atoms with Crippen LogP contribution in [0.2, 0.25) is 0 Å². The number of piperazine rings is 1. The van der Waals surface area contributed by atoms with Crippen molar-refractivity contribution >= 4 is 9.84 Å². The summed E-state index contributed by atoms with van der Waals surface area (Å²) in [5, 5.41) is 10.0. The number of hydrogen-bond acceptors (Lipinski definition) is 5. The van der Waals surface area contributed by atoms with E-state index >= 15 is 0 Å². The zero-order valence-corrected chi connectivity index (χ0v) is 14.3. The number of sulfone groups is 1. The molecule has 0 bridgehead atoms. The molecule has 3 N–H and O–H groups in total. The monoisotopic (exact) mass is 356 g/mol. The van der Waals surface area contributed by atoms with Gasteiger partial charge in [0.15, 0.2) is 21.3 Å². The predicted molar refractivity (Wildman–Crippen MR) is 86.1 cm³/mol. The van der Waals surface area contributed by atoms with Crippen LogP contribution < -0.4 is 19.3 Å². The topological polar surface area (TPSA) is 81.7 Å². The summed E-state index contributed by atoms with van der Waals surface area (Å²) in [4.78, 5) is 2.71. The van der Waals surface area contributed by atoms with Crippen molar-refractivity contribution in [1.82, 2.24) is 0 Å². The van der Waals surface area contributed by atoms with Gasteiger partial charge in [-0.1, -0.05) is 0 Å². The average Bonchev–Trinajstić information content (AvgIpc) is 3.11. The van der Waals surface area contributed by atoms with E-state index in [9.17, 15) is 13.5 Å². The van der Waals surface area contributed by atoms with Crippen molar-refractivity contribution in [2.75, 3.05) is 44.5 Å². The van der Waals surface area contributed by atoms with Crippen LogP contribution in [0.3, 0.4) is 0 Å². The van der Waals surface area contributed by atoms with Crippen LogP contribution in [0.1, 0.15) is 5.56 Å². The highest BCUT2D eigenvalue weighted by atomic mass is 32.2. The Balaban J connectivity index is 1.33. The number of aliphatic hydroxyl groups is 1. The number of fused-ring (bicyclic) bond motifs is 1. The fourth-order valence-corrected chi connectivity index (χ4v) is 5.92. The minimum Gasteiger partial charge on any atom is -0.454 e. The second-order valence-electron chi connectivity index (χ2n) is 7.02. The average molecular weight is 356 g/mol. The van der Waals surface area contributed by atoms with Crippen LogP contribution in [0, 0.1) is 0 Å². The van der Waals surface area contributed by atoms with Crippen LogP contribution in [0.25, 0.3) is 0 Å². The smallest absolute Gasteiger partial charge is 0.231 e. The van der Waals surface area contributed by atoms with Crippen LogP contribution >= 0.6 is 0 Å². The van der Waals surface area contributed by atoms with Gasteiger partial charge in [-0.05, 0) is 18.2 Å². The molecule has 2 atom stereocenters. The number of nitrogens with one attached hydrogen (secondary N) is 2. The first kappa shape index (κ1) is 16.1. The van der Waals surface area contributed by atoms with Crippen molar-refractivity contribution < 1.29 is 32.8 Å². The van der Waals surface area contributed by atoms with Gasteiger partial charge >= 0.3 is 0 Å². The van der Waals surface area contributed by atoms with Crippen LogP contribution in [-0.2, 0) is 16.4 Å². The van der Waals surface area contributed by atoms with Gasteiger partial charge in [0.05, 0.1) is 5.75 Å². The van der Waals surface area contributed by atoms with Crippen LogP contribution in [-0.4, -0.2) is 70.1 Å². The van der Waals surface area contributed by atoms with Gasteiger partial charge < -0.3 is 24.4 Å². The van der Waals surface area contributed by atoms with Crippen molar-refractivity contribution in [3.8, 4) is 11.5 Å². The number of ether oxygens (including phenoxy) is 2. The molecule has 0 aliphatic carbocycles. The summed E-state index contributed by atoms with van der Waals surface area (Å²) in [5.74, 6) is 1.67. The Bertz CT molecular complexity index is 715. The Kier molecular flexibility index (Phi) is 4.16. The molecular formula is C16H24N2O5S+2. The first-order valence-corrected chi connectivity index (χ1v) is 10.3. The molecule has 0 spiro atoms. The van der Waals surface area contributed by atoms with Crippen LogP contribution in [0.4, 0.5) is 0 Å².